The number of carboxylic acid groups (broad SMARTS) is 1. The number of carbonyl (C=O) groups is 1. The molecule has 7 nitrogen and oxygen atoms in total. The number of sulfonamides is 1. The molecule has 1 fully saturated rings. The van der Waals surface area contributed by atoms with Crippen molar-refractivity contribution in [2.75, 3.05) is 0 Å². The summed E-state index contributed by atoms with van der Waals surface area (Å²) < 4.78 is 26.3. The van der Waals surface area contributed by atoms with Crippen molar-refractivity contribution in [1.29, 1.82) is 0 Å². The van der Waals surface area contributed by atoms with Crippen LogP contribution in [0.4, 0.5) is 0 Å². The fourth-order valence-corrected chi connectivity index (χ4v) is 3.31. The van der Waals surface area contributed by atoms with Crippen LogP contribution in [0.15, 0.2) is 17.3 Å². The fourth-order valence-electron chi connectivity index (χ4n) is 1.94. The van der Waals surface area contributed by atoms with Gasteiger partial charge in [0.2, 0.25) is 0 Å². The van der Waals surface area contributed by atoms with Crippen LogP contribution >= 0.6 is 0 Å². The van der Waals surface area contributed by atoms with Crippen molar-refractivity contribution in [1.82, 2.24) is 14.9 Å². The number of aliphatic carboxylic acids is 1. The van der Waals surface area contributed by atoms with Crippen molar-refractivity contribution >= 4 is 16.0 Å². The summed E-state index contributed by atoms with van der Waals surface area (Å²) in [5, 5.41) is 14.7. The zero-order valence-electron chi connectivity index (χ0n) is 9.01. The molecule has 1 heterocycles. The summed E-state index contributed by atoms with van der Waals surface area (Å²) in [6.07, 6.45) is 3.07. The second-order valence-corrected chi connectivity index (χ2v) is 5.88. The summed E-state index contributed by atoms with van der Waals surface area (Å²) in [4.78, 5) is 10.7. The Bertz CT molecular complexity index is 504. The third-order valence-electron chi connectivity index (χ3n) is 2.92. The maximum atomic E-state index is 11.9. The zero-order valence-corrected chi connectivity index (χ0v) is 9.83. The number of rotatable bonds is 5. The third-order valence-corrected chi connectivity index (χ3v) is 4.42. The number of aromatic amines is 1. The summed E-state index contributed by atoms with van der Waals surface area (Å²) in [6.45, 7) is 0. The van der Waals surface area contributed by atoms with Crippen molar-refractivity contribution in [3.05, 3.63) is 12.3 Å². The lowest BCUT2D eigenvalue weighted by atomic mass is 9.75. The molecule has 1 saturated carbocycles. The standard InChI is InChI=1S/C9H13N3O4S/c13-8(14)6-9(3-1-4-9)12-17(15,16)7-2-5-10-11-7/h2,5,12H,1,3-4,6H2,(H,10,11)(H,13,14). The van der Waals surface area contributed by atoms with Gasteiger partial charge in [0.1, 0.15) is 0 Å². The molecule has 2 rings (SSSR count). The SMILES string of the molecule is O=C(O)CC1(NS(=O)(=O)c2ccn[nH]2)CCC1. The first kappa shape index (κ1) is 12.1. The van der Waals surface area contributed by atoms with E-state index in [0.717, 1.165) is 6.42 Å². The molecule has 0 unspecified atom stereocenters. The molecule has 17 heavy (non-hydrogen) atoms. The summed E-state index contributed by atoms with van der Waals surface area (Å²) in [7, 11) is -3.71. The molecule has 8 heteroatoms. The maximum Gasteiger partial charge on any atom is 0.305 e. The predicted octanol–water partition coefficient (Wildman–Crippen LogP) is 0.0854. The van der Waals surface area contributed by atoms with Gasteiger partial charge in [-0.05, 0) is 25.3 Å². The van der Waals surface area contributed by atoms with Gasteiger partial charge in [-0.2, -0.15) is 5.10 Å². The molecule has 1 aromatic heterocycles. The molecular formula is C9H13N3O4S. The van der Waals surface area contributed by atoms with Gasteiger partial charge in [0.05, 0.1) is 12.6 Å². The van der Waals surface area contributed by atoms with Gasteiger partial charge >= 0.3 is 5.97 Å². The minimum atomic E-state index is -3.71. The molecular weight excluding hydrogens is 246 g/mol. The van der Waals surface area contributed by atoms with Crippen LogP contribution < -0.4 is 4.72 Å². The average Bonchev–Trinajstić information content (AvgIpc) is 2.66. The first-order valence-electron chi connectivity index (χ1n) is 5.19. The van der Waals surface area contributed by atoms with Crippen molar-refractivity contribution in [3.8, 4) is 0 Å². The summed E-state index contributed by atoms with van der Waals surface area (Å²) in [6, 6.07) is 1.33. The summed E-state index contributed by atoms with van der Waals surface area (Å²) >= 11 is 0. The van der Waals surface area contributed by atoms with Crippen molar-refractivity contribution < 1.29 is 18.3 Å². The van der Waals surface area contributed by atoms with E-state index < -0.39 is 21.5 Å². The third kappa shape index (κ3) is 2.47. The highest BCUT2D eigenvalue weighted by Crippen LogP contribution is 2.36. The first-order chi connectivity index (χ1) is 7.94. The van der Waals surface area contributed by atoms with Crippen LogP contribution in [0.3, 0.4) is 0 Å². The quantitative estimate of drug-likeness (QED) is 0.693. The van der Waals surface area contributed by atoms with Gasteiger partial charge in [0, 0.05) is 5.54 Å². The van der Waals surface area contributed by atoms with E-state index in [4.69, 9.17) is 5.11 Å². The normalized spacial score (nSPS) is 18.6. The van der Waals surface area contributed by atoms with E-state index in [0.29, 0.717) is 12.8 Å². The molecule has 0 radical (unpaired) electrons. The van der Waals surface area contributed by atoms with E-state index in [1.807, 2.05) is 0 Å². The van der Waals surface area contributed by atoms with Crippen LogP contribution in [0.5, 0.6) is 0 Å². The van der Waals surface area contributed by atoms with Crippen LogP contribution in [-0.4, -0.2) is 35.2 Å². The Balaban J connectivity index is 2.17. The number of aromatic nitrogens is 2. The average molecular weight is 259 g/mol. The fraction of sp³-hybridized carbons (Fsp3) is 0.556. The van der Waals surface area contributed by atoms with E-state index in [2.05, 4.69) is 14.9 Å². The molecule has 1 aliphatic rings. The van der Waals surface area contributed by atoms with Gasteiger partial charge in [0.25, 0.3) is 10.0 Å². The van der Waals surface area contributed by atoms with E-state index in [9.17, 15) is 13.2 Å². The van der Waals surface area contributed by atoms with Gasteiger partial charge in [0.15, 0.2) is 5.03 Å². The zero-order chi connectivity index (χ0) is 12.5. The van der Waals surface area contributed by atoms with Crippen LogP contribution in [0.2, 0.25) is 0 Å². The summed E-state index contributed by atoms with van der Waals surface area (Å²) in [5.74, 6) is -1.00. The molecule has 1 aliphatic carbocycles. The maximum absolute atomic E-state index is 11.9. The molecule has 3 N–H and O–H groups in total. The molecule has 0 amide bonds. The molecule has 0 spiro atoms. The molecule has 1 aromatic rings. The monoisotopic (exact) mass is 259 g/mol. The number of hydrogen-bond donors (Lipinski definition) is 3. The topological polar surface area (TPSA) is 112 Å². The highest BCUT2D eigenvalue weighted by Gasteiger charge is 2.42. The Kier molecular flexibility index (Phi) is 2.92. The Labute approximate surface area is 98.3 Å². The van der Waals surface area contributed by atoms with Crippen molar-refractivity contribution in [3.63, 3.8) is 0 Å². The van der Waals surface area contributed by atoms with Crippen LogP contribution in [-0.2, 0) is 14.8 Å². The van der Waals surface area contributed by atoms with Crippen molar-refractivity contribution in [2.45, 2.75) is 36.2 Å². The Hall–Kier alpha value is -1.41. The Morgan fingerprint density at radius 3 is 2.71 bits per heavy atom. The molecule has 0 aromatic carbocycles. The molecule has 0 bridgehead atoms. The number of nitrogens with zero attached hydrogens (tertiary/aromatic N) is 1. The number of nitrogens with one attached hydrogen (secondary N) is 2. The predicted molar refractivity (Wildman–Crippen MR) is 57.7 cm³/mol. The van der Waals surface area contributed by atoms with Crippen LogP contribution in [0.25, 0.3) is 0 Å². The minimum Gasteiger partial charge on any atom is -0.481 e. The molecule has 0 aliphatic heterocycles. The lowest BCUT2D eigenvalue weighted by Gasteiger charge is -2.40. The second-order valence-electron chi connectivity index (χ2n) is 4.23. The number of hydrogen-bond acceptors (Lipinski definition) is 4. The highest BCUT2D eigenvalue weighted by atomic mass is 32.2. The van der Waals surface area contributed by atoms with Crippen molar-refractivity contribution in [2.24, 2.45) is 0 Å². The second kappa shape index (κ2) is 4.11. The van der Waals surface area contributed by atoms with Gasteiger partial charge in [-0.1, -0.05) is 0 Å². The first-order valence-corrected chi connectivity index (χ1v) is 6.67. The van der Waals surface area contributed by atoms with E-state index in [1.54, 1.807) is 0 Å². The number of H-pyrrole nitrogens is 1. The molecule has 0 saturated heterocycles. The van der Waals surface area contributed by atoms with Crippen LogP contribution in [0, 0.1) is 0 Å². The highest BCUT2D eigenvalue weighted by molar-refractivity contribution is 7.89. The van der Waals surface area contributed by atoms with E-state index >= 15 is 0 Å². The smallest absolute Gasteiger partial charge is 0.305 e. The lowest BCUT2D eigenvalue weighted by molar-refractivity contribution is -0.139. The van der Waals surface area contributed by atoms with E-state index in [-0.39, 0.29) is 11.4 Å². The Morgan fingerprint density at radius 2 is 2.29 bits per heavy atom. The molecule has 94 valence electrons. The Morgan fingerprint density at radius 1 is 1.59 bits per heavy atom. The summed E-state index contributed by atoms with van der Waals surface area (Å²) in [5.41, 5.74) is -0.838. The minimum absolute atomic E-state index is 0.0471. The lowest BCUT2D eigenvalue weighted by Crippen LogP contribution is -2.54. The molecule has 0 atom stereocenters. The van der Waals surface area contributed by atoms with Gasteiger partial charge in [-0.25, -0.2) is 13.1 Å². The largest absolute Gasteiger partial charge is 0.481 e. The van der Waals surface area contributed by atoms with E-state index in [1.165, 1.54) is 12.3 Å². The number of carboxylic acids is 1. The van der Waals surface area contributed by atoms with Crippen LogP contribution in [0.1, 0.15) is 25.7 Å². The van der Waals surface area contributed by atoms with Gasteiger partial charge in [-0.15, -0.1) is 0 Å². The van der Waals surface area contributed by atoms with Gasteiger partial charge in [-0.3, -0.25) is 9.89 Å². The van der Waals surface area contributed by atoms with Gasteiger partial charge < -0.3 is 5.11 Å².